The zero-order chi connectivity index (χ0) is 9.31. The van der Waals surface area contributed by atoms with E-state index in [0.29, 0.717) is 13.0 Å². The molecule has 4 nitrogen and oxygen atoms in total. The molecule has 0 saturated carbocycles. The van der Waals surface area contributed by atoms with E-state index in [0.717, 1.165) is 26.1 Å². The van der Waals surface area contributed by atoms with Gasteiger partial charge < -0.3 is 14.6 Å². The number of ether oxygens (including phenoxy) is 2. The lowest BCUT2D eigenvalue weighted by atomic mass is 9.78. The van der Waals surface area contributed by atoms with Crippen molar-refractivity contribution in [1.29, 1.82) is 0 Å². The van der Waals surface area contributed by atoms with E-state index in [4.69, 9.17) is 14.6 Å². The second-order valence-corrected chi connectivity index (χ2v) is 3.95. The van der Waals surface area contributed by atoms with Crippen LogP contribution in [0.5, 0.6) is 0 Å². The minimum absolute atomic E-state index is 0.0985. The summed E-state index contributed by atoms with van der Waals surface area (Å²) in [5.41, 5.74) is 0.0985. The summed E-state index contributed by atoms with van der Waals surface area (Å²) in [6.45, 7) is 2.08. The van der Waals surface area contributed by atoms with E-state index >= 15 is 0 Å². The molecule has 4 heteroatoms. The van der Waals surface area contributed by atoms with E-state index < -0.39 is 12.1 Å². The van der Waals surface area contributed by atoms with Gasteiger partial charge in [0.2, 0.25) is 0 Å². The van der Waals surface area contributed by atoms with E-state index in [1.165, 1.54) is 0 Å². The maximum absolute atomic E-state index is 10.7. The molecule has 0 aromatic carbocycles. The molecule has 2 saturated heterocycles. The quantitative estimate of drug-likeness (QED) is 0.653. The van der Waals surface area contributed by atoms with Crippen molar-refractivity contribution in [3.05, 3.63) is 0 Å². The maximum atomic E-state index is 10.7. The Morgan fingerprint density at radius 2 is 2.08 bits per heavy atom. The van der Waals surface area contributed by atoms with Crippen LogP contribution >= 0.6 is 0 Å². The van der Waals surface area contributed by atoms with Gasteiger partial charge in [0.15, 0.2) is 6.10 Å². The van der Waals surface area contributed by atoms with Crippen molar-refractivity contribution in [2.24, 2.45) is 5.41 Å². The van der Waals surface area contributed by atoms with Crippen molar-refractivity contribution in [2.75, 3.05) is 19.8 Å². The standard InChI is InChI=1S/C9H14O4/c10-8(11)7-5-9(6-13-7)1-3-12-4-2-9/h7H,1-6H2,(H,10,11). The number of carboxylic acids is 1. The van der Waals surface area contributed by atoms with Crippen LogP contribution in [0.3, 0.4) is 0 Å². The molecule has 0 radical (unpaired) electrons. The highest BCUT2D eigenvalue weighted by Gasteiger charge is 2.43. The molecule has 1 atom stereocenters. The Labute approximate surface area is 76.8 Å². The lowest BCUT2D eigenvalue weighted by molar-refractivity contribution is -0.147. The van der Waals surface area contributed by atoms with Crippen LogP contribution in [0.4, 0.5) is 0 Å². The second kappa shape index (κ2) is 3.27. The van der Waals surface area contributed by atoms with Gasteiger partial charge in [-0.2, -0.15) is 0 Å². The Morgan fingerprint density at radius 1 is 1.38 bits per heavy atom. The monoisotopic (exact) mass is 186 g/mol. The molecule has 0 aromatic heterocycles. The fraction of sp³-hybridized carbons (Fsp3) is 0.889. The Hall–Kier alpha value is -0.610. The lowest BCUT2D eigenvalue weighted by Crippen LogP contribution is -2.30. The van der Waals surface area contributed by atoms with Crippen LogP contribution in [0.2, 0.25) is 0 Å². The normalized spacial score (nSPS) is 32.2. The number of rotatable bonds is 1. The summed E-state index contributed by atoms with van der Waals surface area (Å²) in [6.07, 6.45) is 1.96. The van der Waals surface area contributed by atoms with Crippen LogP contribution in [-0.4, -0.2) is 37.0 Å². The van der Waals surface area contributed by atoms with Crippen LogP contribution in [0.1, 0.15) is 19.3 Å². The van der Waals surface area contributed by atoms with Gasteiger partial charge in [0.05, 0.1) is 6.61 Å². The molecule has 13 heavy (non-hydrogen) atoms. The average Bonchev–Trinajstić information content (AvgIpc) is 2.51. The SMILES string of the molecule is O=C(O)C1CC2(CCOCC2)CO1. The molecule has 2 rings (SSSR count). The number of aliphatic carboxylic acids is 1. The van der Waals surface area contributed by atoms with Gasteiger partial charge in [-0.3, -0.25) is 0 Å². The summed E-state index contributed by atoms with van der Waals surface area (Å²) in [4.78, 5) is 10.7. The minimum atomic E-state index is -0.830. The molecule has 2 aliphatic rings. The van der Waals surface area contributed by atoms with Gasteiger partial charge in [-0.25, -0.2) is 4.79 Å². The first kappa shape index (κ1) is 8.97. The molecule has 1 spiro atoms. The first-order valence-electron chi connectivity index (χ1n) is 4.64. The molecule has 0 aromatic rings. The number of hydrogen-bond donors (Lipinski definition) is 1. The van der Waals surface area contributed by atoms with Gasteiger partial charge in [-0.05, 0) is 19.3 Å². The molecule has 2 heterocycles. The Balaban J connectivity index is 1.98. The predicted octanol–water partition coefficient (Wildman–Crippen LogP) is 0.657. The van der Waals surface area contributed by atoms with Crippen LogP contribution in [0.25, 0.3) is 0 Å². The van der Waals surface area contributed by atoms with Gasteiger partial charge >= 0.3 is 5.97 Å². The number of carbonyl (C=O) groups is 1. The Bertz CT molecular complexity index is 208. The summed E-state index contributed by atoms with van der Waals surface area (Å²) in [5, 5.41) is 8.77. The molecule has 0 aliphatic carbocycles. The zero-order valence-electron chi connectivity index (χ0n) is 7.49. The fourth-order valence-corrected chi connectivity index (χ4v) is 2.10. The largest absolute Gasteiger partial charge is 0.479 e. The topological polar surface area (TPSA) is 55.8 Å². The van der Waals surface area contributed by atoms with Crippen LogP contribution in [-0.2, 0) is 14.3 Å². The van der Waals surface area contributed by atoms with Crippen LogP contribution < -0.4 is 0 Å². The van der Waals surface area contributed by atoms with E-state index in [1.807, 2.05) is 0 Å². The minimum Gasteiger partial charge on any atom is -0.479 e. The summed E-state index contributed by atoms with van der Waals surface area (Å²) in [5.74, 6) is -0.830. The molecule has 1 N–H and O–H groups in total. The maximum Gasteiger partial charge on any atom is 0.332 e. The lowest BCUT2D eigenvalue weighted by Gasteiger charge is -2.31. The molecule has 74 valence electrons. The highest BCUT2D eigenvalue weighted by atomic mass is 16.5. The van der Waals surface area contributed by atoms with E-state index in [2.05, 4.69) is 0 Å². The molecule has 2 fully saturated rings. The molecule has 2 aliphatic heterocycles. The highest BCUT2D eigenvalue weighted by molar-refractivity contribution is 5.72. The first-order chi connectivity index (χ1) is 6.22. The van der Waals surface area contributed by atoms with Gasteiger partial charge in [0.1, 0.15) is 0 Å². The Kier molecular flexibility index (Phi) is 2.26. The van der Waals surface area contributed by atoms with Gasteiger partial charge in [0.25, 0.3) is 0 Å². The summed E-state index contributed by atoms with van der Waals surface area (Å²) < 4.78 is 10.5. The molecule has 0 amide bonds. The van der Waals surface area contributed by atoms with Crippen molar-refractivity contribution in [3.8, 4) is 0 Å². The number of hydrogen-bond acceptors (Lipinski definition) is 3. The average molecular weight is 186 g/mol. The third-order valence-electron chi connectivity index (χ3n) is 3.04. The van der Waals surface area contributed by atoms with Crippen molar-refractivity contribution in [2.45, 2.75) is 25.4 Å². The van der Waals surface area contributed by atoms with Crippen molar-refractivity contribution < 1.29 is 19.4 Å². The second-order valence-electron chi connectivity index (χ2n) is 3.95. The van der Waals surface area contributed by atoms with Crippen molar-refractivity contribution in [3.63, 3.8) is 0 Å². The summed E-state index contributed by atoms with van der Waals surface area (Å²) >= 11 is 0. The fourth-order valence-electron chi connectivity index (χ4n) is 2.10. The third-order valence-corrected chi connectivity index (χ3v) is 3.04. The molecular formula is C9H14O4. The number of carboxylic acid groups (broad SMARTS) is 1. The van der Waals surface area contributed by atoms with E-state index in [-0.39, 0.29) is 5.41 Å². The van der Waals surface area contributed by atoms with Gasteiger partial charge in [-0.15, -0.1) is 0 Å². The van der Waals surface area contributed by atoms with Gasteiger partial charge in [-0.1, -0.05) is 0 Å². The van der Waals surface area contributed by atoms with Crippen LogP contribution in [0, 0.1) is 5.41 Å². The zero-order valence-corrected chi connectivity index (χ0v) is 7.49. The predicted molar refractivity (Wildman–Crippen MR) is 44.5 cm³/mol. The highest BCUT2D eigenvalue weighted by Crippen LogP contribution is 2.41. The van der Waals surface area contributed by atoms with E-state index in [9.17, 15) is 4.79 Å². The van der Waals surface area contributed by atoms with Crippen molar-refractivity contribution in [1.82, 2.24) is 0 Å². The molecule has 1 unspecified atom stereocenters. The molecular weight excluding hydrogens is 172 g/mol. The smallest absolute Gasteiger partial charge is 0.332 e. The van der Waals surface area contributed by atoms with Crippen LogP contribution in [0.15, 0.2) is 0 Å². The third kappa shape index (κ3) is 1.69. The summed E-state index contributed by atoms with van der Waals surface area (Å²) in [6, 6.07) is 0. The van der Waals surface area contributed by atoms with Gasteiger partial charge in [0, 0.05) is 18.6 Å². The summed E-state index contributed by atoms with van der Waals surface area (Å²) in [7, 11) is 0. The van der Waals surface area contributed by atoms with E-state index in [1.54, 1.807) is 0 Å². The Morgan fingerprint density at radius 3 is 2.62 bits per heavy atom. The first-order valence-corrected chi connectivity index (χ1v) is 4.64. The van der Waals surface area contributed by atoms with Crippen molar-refractivity contribution >= 4 is 5.97 Å². The molecule has 0 bridgehead atoms.